The van der Waals surface area contributed by atoms with E-state index in [1.807, 2.05) is 44.2 Å². The lowest BCUT2D eigenvalue weighted by molar-refractivity contribution is 0.242. The molecule has 0 bridgehead atoms. The van der Waals surface area contributed by atoms with Crippen LogP contribution < -0.4 is 10.5 Å². The quantitative estimate of drug-likeness (QED) is 0.935. The predicted octanol–water partition coefficient (Wildman–Crippen LogP) is 2.81. The lowest BCUT2D eigenvalue weighted by atomic mass is 10.1. The molecule has 0 aliphatic rings. The molecule has 0 aliphatic heterocycles. The van der Waals surface area contributed by atoms with E-state index in [1.165, 1.54) is 6.33 Å². The molecule has 0 atom stereocenters. The number of hydrogen-bond acceptors (Lipinski definition) is 4. The molecule has 0 fully saturated rings. The van der Waals surface area contributed by atoms with Crippen molar-refractivity contribution in [2.75, 3.05) is 0 Å². The number of hydrogen-bond donors (Lipinski definition) is 1. The maximum Gasteiger partial charge on any atom is 0.119 e. The molecule has 0 saturated heterocycles. The summed E-state index contributed by atoms with van der Waals surface area (Å²) in [5.74, 6) is 0.863. The fourth-order valence-electron chi connectivity index (χ4n) is 1.64. The lowest BCUT2D eigenvalue weighted by Crippen LogP contribution is -2.05. The van der Waals surface area contributed by atoms with Gasteiger partial charge in [0.25, 0.3) is 0 Å². The minimum Gasteiger partial charge on any atom is -0.491 e. The largest absolute Gasteiger partial charge is 0.491 e. The Labute approximate surface area is 119 Å². The molecule has 2 aromatic rings. The van der Waals surface area contributed by atoms with E-state index in [2.05, 4.69) is 9.97 Å². The van der Waals surface area contributed by atoms with E-state index >= 15 is 0 Å². The van der Waals surface area contributed by atoms with Crippen molar-refractivity contribution in [1.29, 1.82) is 0 Å². The van der Waals surface area contributed by atoms with E-state index in [9.17, 15) is 0 Å². The van der Waals surface area contributed by atoms with Crippen molar-refractivity contribution >= 4 is 12.4 Å². The first-order valence-electron chi connectivity index (χ1n) is 5.97. The van der Waals surface area contributed by atoms with Gasteiger partial charge in [-0.25, -0.2) is 9.97 Å². The number of benzene rings is 1. The Balaban J connectivity index is 0.00000180. The second-order valence-electron chi connectivity index (χ2n) is 4.29. The van der Waals surface area contributed by atoms with Crippen molar-refractivity contribution in [3.05, 3.63) is 42.4 Å². The molecule has 0 spiro atoms. The standard InChI is InChI=1S/C14H17N3O.ClH/c1-10(2)18-13-5-3-11(4-6-13)14-7-12(8-15)16-9-17-14;/h3-7,9-10H,8,15H2,1-2H3;1H. The van der Waals surface area contributed by atoms with E-state index < -0.39 is 0 Å². The molecular formula is C14H18ClN3O. The number of nitrogens with two attached hydrogens (primary N) is 1. The lowest BCUT2D eigenvalue weighted by Gasteiger charge is -2.10. The Hall–Kier alpha value is -1.65. The van der Waals surface area contributed by atoms with Gasteiger partial charge in [0.2, 0.25) is 0 Å². The van der Waals surface area contributed by atoms with Gasteiger partial charge in [-0.05, 0) is 44.2 Å². The Kier molecular flexibility index (Phi) is 5.73. The molecule has 2 N–H and O–H groups in total. The predicted molar refractivity (Wildman–Crippen MR) is 78.4 cm³/mol. The first-order chi connectivity index (χ1) is 8.69. The molecule has 0 unspecified atom stereocenters. The molecular weight excluding hydrogens is 262 g/mol. The molecule has 102 valence electrons. The first-order valence-corrected chi connectivity index (χ1v) is 5.97. The third-order valence-corrected chi connectivity index (χ3v) is 2.45. The molecule has 2 rings (SSSR count). The molecule has 1 aromatic carbocycles. The van der Waals surface area contributed by atoms with Crippen LogP contribution in [0.3, 0.4) is 0 Å². The summed E-state index contributed by atoms with van der Waals surface area (Å²) in [5, 5.41) is 0. The molecule has 0 radical (unpaired) electrons. The van der Waals surface area contributed by atoms with Gasteiger partial charge in [-0.3, -0.25) is 0 Å². The van der Waals surface area contributed by atoms with Crippen LogP contribution in [0.2, 0.25) is 0 Å². The highest BCUT2D eigenvalue weighted by atomic mass is 35.5. The maximum absolute atomic E-state index is 5.60. The highest BCUT2D eigenvalue weighted by molar-refractivity contribution is 5.85. The van der Waals surface area contributed by atoms with Crippen LogP contribution >= 0.6 is 12.4 Å². The fraction of sp³-hybridized carbons (Fsp3) is 0.286. The molecule has 0 aliphatic carbocycles. The topological polar surface area (TPSA) is 61.0 Å². The minimum atomic E-state index is 0. The Morgan fingerprint density at radius 1 is 1.16 bits per heavy atom. The van der Waals surface area contributed by atoms with Crippen LogP contribution in [0.5, 0.6) is 5.75 Å². The van der Waals surface area contributed by atoms with Crippen LogP contribution in [-0.2, 0) is 6.54 Å². The smallest absolute Gasteiger partial charge is 0.119 e. The average molecular weight is 280 g/mol. The first kappa shape index (κ1) is 15.4. The summed E-state index contributed by atoms with van der Waals surface area (Å²) in [6.45, 7) is 4.43. The molecule has 0 saturated carbocycles. The Morgan fingerprint density at radius 2 is 1.84 bits per heavy atom. The number of halogens is 1. The monoisotopic (exact) mass is 279 g/mol. The van der Waals surface area contributed by atoms with Gasteiger partial charge in [-0.1, -0.05) is 0 Å². The van der Waals surface area contributed by atoms with Crippen molar-refractivity contribution in [2.45, 2.75) is 26.5 Å². The van der Waals surface area contributed by atoms with E-state index in [1.54, 1.807) is 0 Å². The van der Waals surface area contributed by atoms with Crippen LogP contribution in [0.25, 0.3) is 11.3 Å². The van der Waals surface area contributed by atoms with Gasteiger partial charge in [-0.15, -0.1) is 12.4 Å². The zero-order valence-electron chi connectivity index (χ0n) is 11.0. The Bertz CT molecular complexity index is 514. The zero-order valence-corrected chi connectivity index (χ0v) is 11.9. The highest BCUT2D eigenvalue weighted by Gasteiger charge is 2.02. The van der Waals surface area contributed by atoms with Gasteiger partial charge in [-0.2, -0.15) is 0 Å². The number of ether oxygens (including phenoxy) is 1. The molecule has 5 heteroatoms. The van der Waals surface area contributed by atoms with Gasteiger partial charge in [0.1, 0.15) is 12.1 Å². The number of rotatable bonds is 4. The summed E-state index contributed by atoms with van der Waals surface area (Å²) in [4.78, 5) is 8.32. The average Bonchev–Trinajstić information content (AvgIpc) is 2.39. The van der Waals surface area contributed by atoms with Gasteiger partial charge < -0.3 is 10.5 Å². The second-order valence-corrected chi connectivity index (χ2v) is 4.29. The highest BCUT2D eigenvalue weighted by Crippen LogP contribution is 2.21. The van der Waals surface area contributed by atoms with Crippen molar-refractivity contribution < 1.29 is 4.74 Å². The fourth-order valence-corrected chi connectivity index (χ4v) is 1.64. The number of aromatic nitrogens is 2. The van der Waals surface area contributed by atoms with E-state index in [0.29, 0.717) is 6.54 Å². The summed E-state index contributed by atoms with van der Waals surface area (Å²) in [7, 11) is 0. The zero-order chi connectivity index (χ0) is 13.0. The van der Waals surface area contributed by atoms with Crippen LogP contribution in [0, 0.1) is 0 Å². The maximum atomic E-state index is 5.60. The summed E-state index contributed by atoms with van der Waals surface area (Å²) < 4.78 is 5.60. The van der Waals surface area contributed by atoms with Crippen LogP contribution in [0.4, 0.5) is 0 Å². The van der Waals surface area contributed by atoms with Gasteiger partial charge >= 0.3 is 0 Å². The van der Waals surface area contributed by atoms with Gasteiger partial charge in [0.05, 0.1) is 17.5 Å². The van der Waals surface area contributed by atoms with E-state index in [0.717, 1.165) is 22.7 Å². The normalized spacial score (nSPS) is 10.1. The summed E-state index contributed by atoms with van der Waals surface area (Å²) in [5.41, 5.74) is 8.31. The van der Waals surface area contributed by atoms with Gasteiger partial charge in [0, 0.05) is 12.1 Å². The third-order valence-electron chi connectivity index (χ3n) is 2.45. The third kappa shape index (κ3) is 4.19. The molecule has 1 aromatic heterocycles. The molecule has 19 heavy (non-hydrogen) atoms. The van der Waals surface area contributed by atoms with Crippen molar-refractivity contribution in [1.82, 2.24) is 9.97 Å². The summed E-state index contributed by atoms with van der Waals surface area (Å²) >= 11 is 0. The molecule has 4 nitrogen and oxygen atoms in total. The Morgan fingerprint density at radius 3 is 2.42 bits per heavy atom. The number of nitrogens with zero attached hydrogens (tertiary/aromatic N) is 2. The van der Waals surface area contributed by atoms with Crippen molar-refractivity contribution in [3.8, 4) is 17.0 Å². The molecule has 0 amide bonds. The molecule has 1 heterocycles. The summed E-state index contributed by atoms with van der Waals surface area (Å²) in [6, 6.07) is 9.76. The summed E-state index contributed by atoms with van der Waals surface area (Å²) in [6.07, 6.45) is 1.72. The minimum absolute atomic E-state index is 0. The second kappa shape index (κ2) is 7.07. The van der Waals surface area contributed by atoms with E-state index in [4.69, 9.17) is 10.5 Å². The van der Waals surface area contributed by atoms with Crippen molar-refractivity contribution in [2.24, 2.45) is 5.73 Å². The SMILES string of the molecule is CC(C)Oc1ccc(-c2cc(CN)ncn2)cc1.Cl. The van der Waals surface area contributed by atoms with E-state index in [-0.39, 0.29) is 18.5 Å². The van der Waals surface area contributed by atoms with Crippen LogP contribution in [0.1, 0.15) is 19.5 Å². The van der Waals surface area contributed by atoms with Crippen molar-refractivity contribution in [3.63, 3.8) is 0 Å². The van der Waals surface area contributed by atoms with Crippen LogP contribution in [-0.4, -0.2) is 16.1 Å². The van der Waals surface area contributed by atoms with Gasteiger partial charge in [0.15, 0.2) is 0 Å². The van der Waals surface area contributed by atoms with Crippen LogP contribution in [0.15, 0.2) is 36.7 Å².